The molecule has 5 rings (SSSR count). The van der Waals surface area contributed by atoms with Gasteiger partial charge in [0.25, 0.3) is 0 Å². The number of benzene rings is 3. The van der Waals surface area contributed by atoms with Crippen LogP contribution in [0.15, 0.2) is 70.5 Å². The average Bonchev–Trinajstić information content (AvgIpc) is 2.65. The van der Waals surface area contributed by atoms with E-state index in [1.54, 1.807) is 11.8 Å². The van der Waals surface area contributed by atoms with E-state index in [4.69, 9.17) is 4.74 Å². The number of hydrogen-bond acceptors (Lipinski definition) is 3. The van der Waals surface area contributed by atoms with Gasteiger partial charge in [-0.25, -0.2) is 0 Å². The van der Waals surface area contributed by atoms with Crippen LogP contribution in [-0.4, -0.2) is 5.97 Å². The Hall–Kier alpha value is -2.56. The minimum atomic E-state index is -0.301. The van der Waals surface area contributed by atoms with Gasteiger partial charge in [-0.1, -0.05) is 36.0 Å². The van der Waals surface area contributed by atoms with E-state index in [2.05, 4.69) is 54.1 Å². The summed E-state index contributed by atoms with van der Waals surface area (Å²) in [6.45, 7) is 1.43. The molecule has 0 unspecified atom stereocenters. The summed E-state index contributed by atoms with van der Waals surface area (Å²) in [6, 6.07) is 20.8. The molecular formula is C22H16ClNO2S. The molecule has 2 heterocycles. The molecule has 1 aromatic heterocycles. The number of fused-ring (bicyclic) bond motifs is 4. The van der Waals surface area contributed by atoms with Crippen LogP contribution in [0.3, 0.4) is 0 Å². The third kappa shape index (κ3) is 2.68. The van der Waals surface area contributed by atoms with E-state index in [1.165, 1.54) is 44.1 Å². The van der Waals surface area contributed by atoms with E-state index in [9.17, 15) is 4.79 Å². The number of pyridine rings is 1. The van der Waals surface area contributed by atoms with Crippen molar-refractivity contribution in [3.63, 3.8) is 0 Å². The topological polar surface area (TPSA) is 30.2 Å². The van der Waals surface area contributed by atoms with E-state index in [0.717, 1.165) is 5.56 Å². The lowest BCUT2D eigenvalue weighted by atomic mass is 9.98. The Bertz CT molecular complexity index is 1240. The van der Waals surface area contributed by atoms with Crippen LogP contribution in [-0.2, 0) is 11.8 Å². The molecule has 0 bridgehead atoms. The van der Waals surface area contributed by atoms with Crippen LogP contribution in [0, 0.1) is 0 Å². The van der Waals surface area contributed by atoms with Crippen molar-refractivity contribution >= 4 is 39.5 Å². The number of ether oxygens (including phenoxy) is 1. The quantitative estimate of drug-likeness (QED) is 0.188. The van der Waals surface area contributed by atoms with Gasteiger partial charge < -0.3 is 17.1 Å². The van der Waals surface area contributed by atoms with Crippen molar-refractivity contribution in [1.29, 1.82) is 0 Å². The first-order valence-corrected chi connectivity index (χ1v) is 9.29. The second kappa shape index (κ2) is 6.55. The highest BCUT2D eigenvalue weighted by Gasteiger charge is 2.26. The zero-order chi connectivity index (χ0) is 17.8. The van der Waals surface area contributed by atoms with E-state index in [1.807, 2.05) is 18.2 Å². The highest BCUT2D eigenvalue weighted by molar-refractivity contribution is 8.00. The number of nitrogens with zero attached hydrogens (tertiary/aromatic N) is 1. The molecule has 0 aliphatic carbocycles. The van der Waals surface area contributed by atoms with Gasteiger partial charge in [0.1, 0.15) is 12.8 Å². The standard InChI is InChI=1S/C22H16NO2S.ClH/c1-13(24)25-14-10-11-20-17(12-14)15-7-5-9-19-21(15)22(26-20)16-6-3-4-8-18(16)23(19)2;/h3-12H,1-2H3;1H/q+1;/p-1. The lowest BCUT2D eigenvalue weighted by molar-refractivity contribution is -0.617. The predicted molar refractivity (Wildman–Crippen MR) is 103 cm³/mol. The van der Waals surface area contributed by atoms with Crippen LogP contribution in [0.2, 0.25) is 0 Å². The van der Waals surface area contributed by atoms with Gasteiger partial charge in [-0.15, -0.1) is 0 Å². The Morgan fingerprint density at radius 2 is 1.74 bits per heavy atom. The molecule has 0 atom stereocenters. The Morgan fingerprint density at radius 1 is 0.963 bits per heavy atom. The minimum Gasteiger partial charge on any atom is -1.00 e. The molecule has 3 nitrogen and oxygen atoms in total. The van der Waals surface area contributed by atoms with E-state index in [-0.39, 0.29) is 18.4 Å². The SMILES string of the molecule is CC(=O)Oc1ccc2c(c1)-c1cccc3c1c(c1ccccc1[n+]3C)S2.[Cl-]. The number of hydrogen-bond donors (Lipinski definition) is 0. The molecular weight excluding hydrogens is 378 g/mol. The van der Waals surface area contributed by atoms with Crippen molar-refractivity contribution in [1.82, 2.24) is 0 Å². The monoisotopic (exact) mass is 393 g/mol. The summed E-state index contributed by atoms with van der Waals surface area (Å²) in [5, 5.41) is 2.51. The Labute approximate surface area is 167 Å². The minimum absolute atomic E-state index is 0. The summed E-state index contributed by atoms with van der Waals surface area (Å²) < 4.78 is 7.55. The third-order valence-corrected chi connectivity index (χ3v) is 6.06. The number of aryl methyl sites for hydroxylation is 1. The van der Waals surface area contributed by atoms with E-state index >= 15 is 0 Å². The van der Waals surface area contributed by atoms with Gasteiger partial charge >= 0.3 is 5.97 Å². The number of esters is 1. The molecule has 1 aliphatic rings. The van der Waals surface area contributed by atoms with Crippen molar-refractivity contribution in [2.24, 2.45) is 7.05 Å². The van der Waals surface area contributed by atoms with Gasteiger partial charge in [0.05, 0.1) is 10.8 Å². The fourth-order valence-corrected chi connectivity index (χ4v) is 4.99. The summed E-state index contributed by atoms with van der Waals surface area (Å²) in [6.07, 6.45) is 0. The van der Waals surface area contributed by atoms with Crippen molar-refractivity contribution in [3.8, 4) is 16.9 Å². The molecule has 4 aromatic rings. The maximum Gasteiger partial charge on any atom is 0.308 e. The molecule has 3 aromatic carbocycles. The predicted octanol–water partition coefficient (Wildman–Crippen LogP) is 1.88. The molecule has 0 saturated heterocycles. The van der Waals surface area contributed by atoms with Crippen molar-refractivity contribution in [3.05, 3.63) is 60.7 Å². The molecule has 0 radical (unpaired) electrons. The molecule has 5 heteroatoms. The Morgan fingerprint density at radius 3 is 2.56 bits per heavy atom. The fraction of sp³-hybridized carbons (Fsp3) is 0.0909. The van der Waals surface area contributed by atoms with Crippen molar-refractivity contribution < 1.29 is 26.5 Å². The highest BCUT2D eigenvalue weighted by Crippen LogP contribution is 2.50. The first-order valence-electron chi connectivity index (χ1n) is 8.47. The summed E-state index contributed by atoms with van der Waals surface area (Å²) in [5.74, 6) is 0.284. The van der Waals surface area contributed by atoms with Gasteiger partial charge in [0.15, 0.2) is 0 Å². The zero-order valence-corrected chi connectivity index (χ0v) is 16.4. The Kier molecular flexibility index (Phi) is 4.33. The molecule has 0 N–H and O–H groups in total. The maximum absolute atomic E-state index is 11.3. The largest absolute Gasteiger partial charge is 1.00 e. The number of aromatic nitrogens is 1. The normalized spacial score (nSPS) is 11.8. The molecule has 1 aliphatic heterocycles. The number of para-hydroxylation sites is 1. The number of rotatable bonds is 1. The molecule has 27 heavy (non-hydrogen) atoms. The molecule has 0 amide bonds. The molecule has 0 fully saturated rings. The second-order valence-electron chi connectivity index (χ2n) is 6.46. The van der Waals surface area contributed by atoms with Gasteiger partial charge in [0, 0.05) is 34.4 Å². The van der Waals surface area contributed by atoms with E-state index in [0.29, 0.717) is 5.75 Å². The highest BCUT2D eigenvalue weighted by atomic mass is 35.5. The van der Waals surface area contributed by atoms with E-state index < -0.39 is 0 Å². The van der Waals surface area contributed by atoms with Crippen LogP contribution in [0.25, 0.3) is 32.9 Å². The third-order valence-electron chi connectivity index (χ3n) is 4.86. The molecule has 0 spiro atoms. The fourth-order valence-electron chi connectivity index (χ4n) is 3.76. The number of carbonyl (C=O) groups excluding carboxylic acids is 1. The van der Waals surface area contributed by atoms with Gasteiger partial charge in [0.2, 0.25) is 11.0 Å². The summed E-state index contributed by atoms with van der Waals surface area (Å²) in [7, 11) is 2.11. The van der Waals surface area contributed by atoms with Crippen LogP contribution in [0.4, 0.5) is 0 Å². The average molecular weight is 394 g/mol. The molecule has 134 valence electrons. The lowest BCUT2D eigenvalue weighted by Crippen LogP contribution is -3.00. The summed E-state index contributed by atoms with van der Waals surface area (Å²) in [5.41, 5.74) is 4.72. The molecule has 0 saturated carbocycles. The van der Waals surface area contributed by atoms with Crippen LogP contribution in [0.5, 0.6) is 5.75 Å². The van der Waals surface area contributed by atoms with Crippen LogP contribution in [0.1, 0.15) is 6.92 Å². The summed E-state index contributed by atoms with van der Waals surface area (Å²) in [4.78, 5) is 13.8. The van der Waals surface area contributed by atoms with Gasteiger partial charge in [-0.2, -0.15) is 4.57 Å². The van der Waals surface area contributed by atoms with Crippen molar-refractivity contribution in [2.75, 3.05) is 0 Å². The van der Waals surface area contributed by atoms with Crippen LogP contribution < -0.4 is 21.7 Å². The first-order chi connectivity index (χ1) is 12.6. The number of halogens is 1. The lowest BCUT2D eigenvalue weighted by Gasteiger charge is -2.21. The van der Waals surface area contributed by atoms with Crippen LogP contribution >= 0.6 is 11.8 Å². The second-order valence-corrected chi connectivity index (χ2v) is 7.51. The smallest absolute Gasteiger partial charge is 0.308 e. The number of carbonyl (C=O) groups is 1. The zero-order valence-electron chi connectivity index (χ0n) is 14.8. The van der Waals surface area contributed by atoms with Gasteiger partial charge in [-0.3, -0.25) is 4.79 Å². The Balaban J connectivity index is 0.00000180. The maximum atomic E-state index is 11.3. The van der Waals surface area contributed by atoms with Gasteiger partial charge in [-0.05, 0) is 29.8 Å². The van der Waals surface area contributed by atoms with Crippen molar-refractivity contribution in [2.45, 2.75) is 16.7 Å². The summed E-state index contributed by atoms with van der Waals surface area (Å²) >= 11 is 1.79. The first kappa shape index (κ1) is 17.8.